The van der Waals surface area contributed by atoms with Crippen LogP contribution in [0.15, 0.2) is 48.7 Å². The van der Waals surface area contributed by atoms with Crippen LogP contribution in [0.4, 0.5) is 18.9 Å². The van der Waals surface area contributed by atoms with E-state index in [1.165, 1.54) is 31.2 Å². The molecule has 0 aliphatic heterocycles. The van der Waals surface area contributed by atoms with E-state index < -0.39 is 17.8 Å². The number of amides is 1. The van der Waals surface area contributed by atoms with E-state index in [-0.39, 0.29) is 39.6 Å². The van der Waals surface area contributed by atoms with Gasteiger partial charge in [-0.05, 0) is 24.3 Å². The third-order valence-electron chi connectivity index (χ3n) is 5.63. The predicted molar refractivity (Wildman–Crippen MR) is 134 cm³/mol. The number of hydrogen-bond donors (Lipinski definition) is 1. The molecule has 14 heteroatoms. The van der Waals surface area contributed by atoms with Crippen LogP contribution in [0.25, 0.3) is 11.1 Å². The molecule has 0 saturated heterocycles. The number of nitriles is 1. The number of carbonyl (C=O) groups is 1. The normalized spacial score (nSPS) is 11.1. The van der Waals surface area contributed by atoms with Crippen LogP contribution >= 0.6 is 11.6 Å². The summed E-state index contributed by atoms with van der Waals surface area (Å²) in [6.45, 7) is 0.213. The summed E-state index contributed by atoms with van der Waals surface area (Å²) in [4.78, 5) is 18.4. The van der Waals surface area contributed by atoms with Gasteiger partial charge in [-0.15, -0.1) is 10.2 Å². The van der Waals surface area contributed by atoms with E-state index in [2.05, 4.69) is 25.6 Å². The van der Waals surface area contributed by atoms with Crippen LogP contribution in [0.2, 0.25) is 5.02 Å². The Morgan fingerprint density at radius 3 is 2.62 bits per heavy atom. The van der Waals surface area contributed by atoms with Gasteiger partial charge in [0.25, 0.3) is 5.91 Å². The molecule has 0 saturated carbocycles. The van der Waals surface area contributed by atoms with Gasteiger partial charge >= 0.3 is 6.18 Å². The third kappa shape index (κ3) is 5.91. The third-order valence-corrected chi connectivity index (χ3v) is 5.94. The number of H-pyrrole nitrogens is 1. The van der Waals surface area contributed by atoms with Gasteiger partial charge in [0, 0.05) is 36.9 Å². The SMILES string of the molecule is COc1cc(Cl)c(-c2cnc(C(F)(F)F)cc2C#N)cc1C(=O)N(C)c1ccccc1OCCc1nn[nH]n1. The highest BCUT2D eigenvalue weighted by Gasteiger charge is 2.33. The molecule has 1 amide bonds. The van der Waals surface area contributed by atoms with Crippen molar-refractivity contribution < 1.29 is 27.4 Å². The second-order valence-corrected chi connectivity index (χ2v) is 8.42. The molecule has 0 atom stereocenters. The molecule has 0 spiro atoms. The molecule has 0 unspecified atom stereocenters. The molecule has 0 aliphatic rings. The van der Waals surface area contributed by atoms with E-state index in [4.69, 9.17) is 21.1 Å². The molecule has 2 heterocycles. The average molecular weight is 558 g/mol. The number of carbonyl (C=O) groups excluding carboxylic acids is 1. The summed E-state index contributed by atoms with van der Waals surface area (Å²) in [5.41, 5.74) is -0.888. The van der Waals surface area contributed by atoms with Crippen LogP contribution in [0.1, 0.15) is 27.4 Å². The van der Waals surface area contributed by atoms with E-state index in [1.54, 1.807) is 30.3 Å². The number of aromatic nitrogens is 5. The first-order valence-corrected chi connectivity index (χ1v) is 11.6. The Kier molecular flexibility index (Phi) is 7.96. The predicted octanol–water partition coefficient (Wildman–Crippen LogP) is 4.71. The molecular formula is C25H19ClF3N7O3. The number of aromatic amines is 1. The Morgan fingerprint density at radius 2 is 1.95 bits per heavy atom. The van der Waals surface area contributed by atoms with Gasteiger partial charge in [0.1, 0.15) is 17.2 Å². The monoisotopic (exact) mass is 557 g/mol. The zero-order valence-electron chi connectivity index (χ0n) is 20.5. The van der Waals surface area contributed by atoms with Crippen molar-refractivity contribution in [2.45, 2.75) is 12.6 Å². The van der Waals surface area contributed by atoms with Crippen LogP contribution < -0.4 is 14.4 Å². The molecule has 0 bridgehead atoms. The Hall–Kier alpha value is -4.70. The Morgan fingerprint density at radius 1 is 1.18 bits per heavy atom. The van der Waals surface area contributed by atoms with Crippen molar-refractivity contribution in [1.29, 1.82) is 5.26 Å². The fourth-order valence-corrected chi connectivity index (χ4v) is 3.96. The number of hydrogen-bond acceptors (Lipinski definition) is 8. The quantitative estimate of drug-likeness (QED) is 0.329. The van der Waals surface area contributed by atoms with Crippen molar-refractivity contribution >= 4 is 23.2 Å². The van der Waals surface area contributed by atoms with Crippen molar-refractivity contribution in [2.75, 3.05) is 25.7 Å². The lowest BCUT2D eigenvalue weighted by atomic mass is 9.98. The number of anilines is 1. The fourth-order valence-electron chi connectivity index (χ4n) is 3.70. The summed E-state index contributed by atoms with van der Waals surface area (Å²) >= 11 is 6.40. The molecule has 0 fully saturated rings. The maximum absolute atomic E-state index is 13.7. The summed E-state index contributed by atoms with van der Waals surface area (Å²) in [5.74, 6) is 0.459. The van der Waals surface area contributed by atoms with Gasteiger partial charge in [-0.25, -0.2) is 0 Å². The maximum atomic E-state index is 13.7. The molecule has 0 radical (unpaired) electrons. The van der Waals surface area contributed by atoms with Crippen LogP contribution in [0.3, 0.4) is 0 Å². The van der Waals surface area contributed by atoms with Crippen molar-refractivity contribution in [1.82, 2.24) is 25.6 Å². The van der Waals surface area contributed by atoms with Crippen LogP contribution in [-0.2, 0) is 12.6 Å². The van der Waals surface area contributed by atoms with Gasteiger partial charge in [0.05, 0.1) is 41.6 Å². The number of rotatable bonds is 8. The number of nitrogens with one attached hydrogen (secondary N) is 1. The minimum atomic E-state index is -4.74. The molecule has 1 N–H and O–H groups in total. The van der Waals surface area contributed by atoms with E-state index in [1.807, 2.05) is 0 Å². The van der Waals surface area contributed by atoms with Gasteiger partial charge in [0.15, 0.2) is 5.82 Å². The number of nitrogens with zero attached hydrogens (tertiary/aromatic N) is 6. The number of ether oxygens (including phenoxy) is 2. The Bertz CT molecular complexity index is 1540. The molecule has 39 heavy (non-hydrogen) atoms. The zero-order valence-corrected chi connectivity index (χ0v) is 21.2. The molecule has 200 valence electrons. The van der Waals surface area contributed by atoms with Gasteiger partial charge in [-0.1, -0.05) is 28.9 Å². The lowest BCUT2D eigenvalue weighted by Crippen LogP contribution is -2.27. The first-order valence-electron chi connectivity index (χ1n) is 11.2. The van der Waals surface area contributed by atoms with E-state index in [9.17, 15) is 23.2 Å². The second-order valence-electron chi connectivity index (χ2n) is 8.02. The minimum absolute atomic E-state index is 0.0278. The first kappa shape index (κ1) is 27.3. The van der Waals surface area contributed by atoms with E-state index in [0.29, 0.717) is 29.7 Å². The molecule has 4 rings (SSSR count). The maximum Gasteiger partial charge on any atom is 0.433 e. The highest BCUT2D eigenvalue weighted by Crippen LogP contribution is 2.38. The van der Waals surface area contributed by atoms with Gasteiger partial charge in [0.2, 0.25) is 0 Å². The van der Waals surface area contributed by atoms with Crippen molar-refractivity contribution in [3.05, 3.63) is 76.3 Å². The van der Waals surface area contributed by atoms with Crippen LogP contribution in [0, 0.1) is 11.3 Å². The molecule has 2 aromatic carbocycles. The van der Waals surface area contributed by atoms with Crippen LogP contribution in [-0.4, -0.2) is 52.3 Å². The number of methoxy groups -OCH3 is 1. The highest BCUT2D eigenvalue weighted by atomic mass is 35.5. The van der Waals surface area contributed by atoms with Crippen molar-refractivity contribution in [3.8, 4) is 28.7 Å². The summed E-state index contributed by atoms with van der Waals surface area (Å²) < 4.78 is 50.6. The fraction of sp³-hybridized carbons (Fsp3) is 0.200. The summed E-state index contributed by atoms with van der Waals surface area (Å²) in [5, 5.41) is 23.2. The minimum Gasteiger partial charge on any atom is -0.496 e. The topological polar surface area (TPSA) is 130 Å². The Balaban J connectivity index is 1.69. The van der Waals surface area contributed by atoms with Gasteiger partial charge in [-0.3, -0.25) is 9.78 Å². The zero-order chi connectivity index (χ0) is 28.2. The first-order chi connectivity index (χ1) is 18.6. The molecule has 10 nitrogen and oxygen atoms in total. The van der Waals surface area contributed by atoms with E-state index >= 15 is 0 Å². The number of tetrazole rings is 1. The summed E-state index contributed by atoms with van der Waals surface area (Å²) in [6.07, 6.45) is -3.46. The average Bonchev–Trinajstić information content (AvgIpc) is 3.45. The van der Waals surface area contributed by atoms with Crippen LogP contribution in [0.5, 0.6) is 11.5 Å². The summed E-state index contributed by atoms with van der Waals surface area (Å²) in [6, 6.07) is 11.9. The Labute approximate surface area is 224 Å². The number of alkyl halides is 3. The molecule has 4 aromatic rings. The number of benzene rings is 2. The lowest BCUT2D eigenvalue weighted by Gasteiger charge is -2.22. The van der Waals surface area contributed by atoms with E-state index in [0.717, 1.165) is 6.20 Å². The van der Waals surface area contributed by atoms with Gasteiger partial charge < -0.3 is 14.4 Å². The summed E-state index contributed by atoms with van der Waals surface area (Å²) in [7, 11) is 2.87. The number of halogens is 4. The lowest BCUT2D eigenvalue weighted by molar-refractivity contribution is -0.141. The second kappa shape index (κ2) is 11.4. The molecule has 0 aliphatic carbocycles. The highest BCUT2D eigenvalue weighted by molar-refractivity contribution is 6.34. The standard InChI is InChI=1S/C25H19ClF3N7O3/c1-36(19-5-3-4-6-20(19)39-8-7-23-32-34-35-33-23)24(37)16-10-15(18(26)11-21(16)38-2)17-13-31-22(25(27,28)29)9-14(17)12-30/h3-6,9-11,13H,7-8H2,1-2H3,(H,32,33,34,35). The largest absolute Gasteiger partial charge is 0.496 e. The molecular weight excluding hydrogens is 539 g/mol. The number of pyridine rings is 1. The smallest absolute Gasteiger partial charge is 0.433 e. The van der Waals surface area contributed by atoms with Crippen molar-refractivity contribution in [3.63, 3.8) is 0 Å². The number of para-hydroxylation sites is 2. The molecule has 2 aromatic heterocycles. The van der Waals surface area contributed by atoms with Crippen molar-refractivity contribution in [2.24, 2.45) is 0 Å². The van der Waals surface area contributed by atoms with Gasteiger partial charge in [-0.2, -0.15) is 23.6 Å².